The number of amides is 4. The van der Waals surface area contributed by atoms with Gasteiger partial charge in [-0.15, -0.1) is 0 Å². The molecule has 0 heterocycles. The Bertz CT molecular complexity index is 943. The number of rotatable bonds is 13. The van der Waals surface area contributed by atoms with Crippen molar-refractivity contribution in [1.82, 2.24) is 15.5 Å². The van der Waals surface area contributed by atoms with Crippen LogP contribution in [0.5, 0.6) is 0 Å². The Balaban J connectivity index is 3.49. The van der Waals surface area contributed by atoms with E-state index in [9.17, 15) is 24.3 Å². The van der Waals surface area contributed by atoms with Crippen LogP contribution in [0.25, 0.3) is 0 Å². The van der Waals surface area contributed by atoms with Crippen molar-refractivity contribution in [2.24, 2.45) is 5.73 Å². The number of aliphatic hydroxyl groups is 1. The topological polar surface area (TPSA) is 151 Å². The highest BCUT2D eigenvalue weighted by Crippen LogP contribution is 2.25. The first-order valence-electron chi connectivity index (χ1n) is 12.8. The van der Waals surface area contributed by atoms with E-state index in [4.69, 9.17) is 10.5 Å². The van der Waals surface area contributed by atoms with Crippen molar-refractivity contribution in [3.63, 3.8) is 0 Å². The van der Waals surface area contributed by atoms with Crippen LogP contribution in [0.3, 0.4) is 0 Å². The molecule has 208 valence electrons. The van der Waals surface area contributed by atoms with E-state index in [0.717, 1.165) is 24.0 Å². The van der Waals surface area contributed by atoms with Gasteiger partial charge in [-0.3, -0.25) is 14.4 Å². The number of hydrogen-bond acceptors (Lipinski definition) is 6. The minimum absolute atomic E-state index is 0.0944. The third-order valence-corrected chi connectivity index (χ3v) is 5.81. The number of nitrogens with zero attached hydrogens (tertiary/aromatic N) is 1. The second-order valence-corrected chi connectivity index (χ2v) is 10.4. The third kappa shape index (κ3) is 10.8. The van der Waals surface area contributed by atoms with Crippen LogP contribution in [0.15, 0.2) is 18.2 Å². The molecular weight excluding hydrogens is 476 g/mol. The monoisotopic (exact) mass is 520 g/mol. The van der Waals surface area contributed by atoms with Gasteiger partial charge in [0.1, 0.15) is 17.7 Å². The molecule has 0 fully saturated rings. The zero-order valence-electron chi connectivity index (χ0n) is 23.2. The number of nitrogens with one attached hydrogen (secondary N) is 2. The highest BCUT2D eigenvalue weighted by atomic mass is 16.6. The molecular formula is C27H44N4O6. The third-order valence-electron chi connectivity index (χ3n) is 5.81. The normalized spacial score (nSPS) is 13.7. The lowest BCUT2D eigenvalue weighted by Crippen LogP contribution is -2.54. The van der Waals surface area contributed by atoms with E-state index in [1.165, 1.54) is 4.90 Å². The summed E-state index contributed by atoms with van der Waals surface area (Å²) in [4.78, 5) is 52.7. The van der Waals surface area contributed by atoms with Crippen molar-refractivity contribution < 1.29 is 29.0 Å². The number of carbonyl (C=O) groups excluding carboxylic acids is 4. The molecule has 0 spiro atoms. The number of benzene rings is 1. The zero-order valence-corrected chi connectivity index (χ0v) is 23.2. The second-order valence-electron chi connectivity index (χ2n) is 10.4. The summed E-state index contributed by atoms with van der Waals surface area (Å²) in [5, 5.41) is 15.3. The largest absolute Gasteiger partial charge is 0.444 e. The van der Waals surface area contributed by atoms with Gasteiger partial charge in [-0.2, -0.15) is 0 Å². The molecule has 1 aromatic carbocycles. The number of aliphatic hydroxyl groups excluding tert-OH is 1. The molecule has 1 aromatic rings. The Morgan fingerprint density at radius 1 is 1.08 bits per heavy atom. The number of carbonyl (C=O) groups is 4. The van der Waals surface area contributed by atoms with E-state index in [0.29, 0.717) is 5.56 Å². The summed E-state index contributed by atoms with van der Waals surface area (Å²) in [6.45, 7) is 12.2. The smallest absolute Gasteiger partial charge is 0.408 e. The molecule has 0 aromatic heterocycles. The van der Waals surface area contributed by atoms with Crippen LogP contribution >= 0.6 is 0 Å². The Morgan fingerprint density at radius 2 is 1.73 bits per heavy atom. The second kappa shape index (κ2) is 14.6. The van der Waals surface area contributed by atoms with Crippen LogP contribution in [0.1, 0.15) is 83.0 Å². The molecule has 1 rings (SSSR count). The highest BCUT2D eigenvalue weighted by Gasteiger charge is 2.36. The van der Waals surface area contributed by atoms with Gasteiger partial charge in [0.15, 0.2) is 0 Å². The van der Waals surface area contributed by atoms with Gasteiger partial charge < -0.3 is 31.1 Å². The summed E-state index contributed by atoms with van der Waals surface area (Å²) in [6.07, 6.45) is 0.504. The number of hydrogen-bond donors (Lipinski definition) is 4. The van der Waals surface area contributed by atoms with Gasteiger partial charge in [0, 0.05) is 19.0 Å². The number of nitrogens with two attached hydrogens (primary N) is 1. The number of alkyl carbamates (subject to hydrolysis) is 1. The molecule has 0 bridgehead atoms. The average molecular weight is 521 g/mol. The first kappa shape index (κ1) is 31.9. The summed E-state index contributed by atoms with van der Waals surface area (Å²) < 4.78 is 5.30. The van der Waals surface area contributed by atoms with E-state index in [-0.39, 0.29) is 25.4 Å². The number of primary amides is 1. The molecule has 0 aliphatic rings. The van der Waals surface area contributed by atoms with Crippen LogP contribution in [0.2, 0.25) is 0 Å². The summed E-state index contributed by atoms with van der Waals surface area (Å²) >= 11 is 0. The van der Waals surface area contributed by atoms with Crippen molar-refractivity contribution in [1.29, 1.82) is 0 Å². The van der Waals surface area contributed by atoms with Crippen LogP contribution in [-0.4, -0.2) is 64.7 Å². The molecule has 0 aliphatic heterocycles. The predicted octanol–water partition coefficient (Wildman–Crippen LogP) is 2.63. The van der Waals surface area contributed by atoms with Gasteiger partial charge in [-0.1, -0.05) is 31.5 Å². The summed E-state index contributed by atoms with van der Waals surface area (Å²) in [5.74, 6) is -1.69. The molecule has 10 nitrogen and oxygen atoms in total. The summed E-state index contributed by atoms with van der Waals surface area (Å²) in [5.41, 5.74) is 7.02. The maximum absolute atomic E-state index is 13.8. The predicted molar refractivity (Wildman–Crippen MR) is 142 cm³/mol. The zero-order chi connectivity index (χ0) is 28.3. The first-order chi connectivity index (χ1) is 17.2. The fourth-order valence-electron chi connectivity index (χ4n) is 3.90. The minimum atomic E-state index is -1.20. The van der Waals surface area contributed by atoms with Gasteiger partial charge >= 0.3 is 6.09 Å². The standard InChI is InChI=1S/C27H44N4O6/c1-8-9-19(4)29-24(34)23(20-11-10-17(2)18(3)16-20)31(14-15-32)25(35)21(12-13-22(28)33)30-26(36)37-27(5,6)7/h10-11,16,19,21,23,32H,8-9,12-15H2,1-7H3,(H2,28,33)(H,29,34)(H,30,36). The maximum Gasteiger partial charge on any atom is 0.408 e. The minimum Gasteiger partial charge on any atom is -0.444 e. The molecule has 5 N–H and O–H groups in total. The molecule has 3 unspecified atom stereocenters. The molecule has 0 aliphatic carbocycles. The summed E-state index contributed by atoms with van der Waals surface area (Å²) in [7, 11) is 0. The van der Waals surface area contributed by atoms with Crippen LogP contribution in [-0.2, 0) is 19.1 Å². The van der Waals surface area contributed by atoms with Gasteiger partial charge in [-0.25, -0.2) is 4.79 Å². The lowest BCUT2D eigenvalue weighted by atomic mass is 9.97. The van der Waals surface area contributed by atoms with Crippen molar-refractivity contribution in [2.45, 2.75) is 97.9 Å². The number of ether oxygens (including phenoxy) is 1. The maximum atomic E-state index is 13.8. The first-order valence-corrected chi connectivity index (χ1v) is 12.8. The van der Waals surface area contributed by atoms with Crippen molar-refractivity contribution in [2.75, 3.05) is 13.2 Å². The van der Waals surface area contributed by atoms with Crippen molar-refractivity contribution >= 4 is 23.8 Å². The Morgan fingerprint density at radius 3 is 2.24 bits per heavy atom. The van der Waals surface area contributed by atoms with Crippen molar-refractivity contribution in [3.05, 3.63) is 34.9 Å². The molecule has 3 atom stereocenters. The van der Waals surface area contributed by atoms with Crippen LogP contribution < -0.4 is 16.4 Å². The van der Waals surface area contributed by atoms with Crippen LogP contribution in [0, 0.1) is 13.8 Å². The fourth-order valence-corrected chi connectivity index (χ4v) is 3.90. The Labute approximate surface area is 220 Å². The van der Waals surface area contributed by atoms with Gasteiger partial charge in [0.25, 0.3) is 0 Å². The Kier molecular flexibility index (Phi) is 12.6. The van der Waals surface area contributed by atoms with Crippen LogP contribution in [0.4, 0.5) is 4.79 Å². The summed E-state index contributed by atoms with van der Waals surface area (Å²) in [6, 6.07) is 3.06. The fraction of sp³-hybridized carbons (Fsp3) is 0.630. The van der Waals surface area contributed by atoms with E-state index in [1.54, 1.807) is 26.8 Å². The molecule has 0 saturated carbocycles. The average Bonchev–Trinajstić information content (AvgIpc) is 2.76. The molecule has 10 heteroatoms. The van der Waals surface area contributed by atoms with Crippen molar-refractivity contribution in [3.8, 4) is 0 Å². The highest BCUT2D eigenvalue weighted by molar-refractivity contribution is 5.92. The quantitative estimate of drug-likeness (QED) is 0.314. The van der Waals surface area contributed by atoms with Gasteiger partial charge in [0.05, 0.1) is 6.61 Å². The lowest BCUT2D eigenvalue weighted by molar-refractivity contribution is -0.143. The Hall–Kier alpha value is -3.14. The molecule has 0 radical (unpaired) electrons. The molecule has 0 saturated heterocycles. The van der Waals surface area contributed by atoms with E-state index in [1.807, 2.05) is 39.8 Å². The molecule has 4 amide bonds. The van der Waals surface area contributed by atoms with Gasteiger partial charge in [0.2, 0.25) is 17.7 Å². The van der Waals surface area contributed by atoms with E-state index >= 15 is 0 Å². The van der Waals surface area contributed by atoms with E-state index < -0.39 is 48.1 Å². The molecule has 37 heavy (non-hydrogen) atoms. The van der Waals surface area contributed by atoms with Gasteiger partial charge in [-0.05, 0) is 71.1 Å². The lowest BCUT2D eigenvalue weighted by Gasteiger charge is -2.35. The number of aryl methyl sites for hydroxylation is 2. The SMILES string of the molecule is CCCC(C)NC(=O)C(c1ccc(C)c(C)c1)N(CCO)C(=O)C(CCC(N)=O)NC(=O)OC(C)(C)C. The van der Waals surface area contributed by atoms with E-state index in [2.05, 4.69) is 10.6 Å².